The third kappa shape index (κ3) is 2.81. The van der Waals surface area contributed by atoms with Crippen LogP contribution in [0.4, 0.5) is 0 Å². The van der Waals surface area contributed by atoms with Crippen LogP contribution in [0.5, 0.6) is 0 Å². The molecule has 2 nitrogen and oxygen atoms in total. The van der Waals surface area contributed by atoms with Crippen LogP contribution in [-0.2, 0) is 9.53 Å². The fourth-order valence-corrected chi connectivity index (χ4v) is 5.36. The second-order valence-electron chi connectivity index (χ2n) is 7.48. The fourth-order valence-electron chi connectivity index (χ4n) is 4.06. The Morgan fingerprint density at radius 2 is 1.62 bits per heavy atom. The molecular weight excluding hydrogens is 376 g/mol. The molecule has 142 valence electrons. The Morgan fingerprint density at radius 3 is 2.38 bits per heavy atom. The number of rotatable bonds is 3. The fraction of sp³-hybridized carbons (Fsp3) is 0.115. The van der Waals surface area contributed by atoms with E-state index in [2.05, 4.69) is 67.2 Å². The molecule has 5 aromatic rings. The number of carbonyl (C=O) groups excluding carboxylic acids is 1. The maximum Gasteiger partial charge on any atom is 0.333 e. The number of hydrogen-bond acceptors (Lipinski definition) is 3. The summed E-state index contributed by atoms with van der Waals surface area (Å²) < 4.78 is 8.17. The summed E-state index contributed by atoms with van der Waals surface area (Å²) in [6.07, 6.45) is -0.351. The third-order valence-corrected chi connectivity index (χ3v) is 6.66. The van der Waals surface area contributed by atoms with Gasteiger partial charge in [0.15, 0.2) is 0 Å². The van der Waals surface area contributed by atoms with Gasteiger partial charge in [-0.05, 0) is 41.5 Å². The number of esters is 1. The largest absolute Gasteiger partial charge is 0.454 e. The predicted molar refractivity (Wildman–Crippen MR) is 124 cm³/mol. The molecule has 3 heteroatoms. The van der Waals surface area contributed by atoms with Crippen molar-refractivity contribution in [2.45, 2.75) is 20.0 Å². The zero-order valence-electron chi connectivity index (χ0n) is 16.4. The van der Waals surface area contributed by atoms with Crippen molar-refractivity contribution in [3.63, 3.8) is 0 Å². The zero-order valence-corrected chi connectivity index (χ0v) is 17.2. The smallest absolute Gasteiger partial charge is 0.333 e. The molecule has 0 bridgehead atoms. The summed E-state index contributed by atoms with van der Waals surface area (Å²) in [5, 5.41) is 7.39. The van der Waals surface area contributed by atoms with Gasteiger partial charge in [-0.2, -0.15) is 0 Å². The van der Waals surface area contributed by atoms with Gasteiger partial charge in [0.05, 0.1) is 0 Å². The molecule has 29 heavy (non-hydrogen) atoms. The van der Waals surface area contributed by atoms with Gasteiger partial charge >= 0.3 is 5.97 Å². The predicted octanol–water partition coefficient (Wildman–Crippen LogP) is 7.54. The molecule has 0 aliphatic heterocycles. The van der Waals surface area contributed by atoms with E-state index in [9.17, 15) is 4.79 Å². The lowest BCUT2D eigenvalue weighted by Gasteiger charge is -2.16. The molecule has 0 spiro atoms. The van der Waals surface area contributed by atoms with Gasteiger partial charge in [0.2, 0.25) is 0 Å². The second kappa shape index (κ2) is 6.71. The molecule has 0 aliphatic rings. The quantitative estimate of drug-likeness (QED) is 0.232. The van der Waals surface area contributed by atoms with Crippen molar-refractivity contribution in [3.8, 4) is 0 Å². The summed E-state index contributed by atoms with van der Waals surface area (Å²) in [6.45, 7) is 7.30. The van der Waals surface area contributed by atoms with Crippen LogP contribution < -0.4 is 0 Å². The minimum Gasteiger partial charge on any atom is -0.454 e. The van der Waals surface area contributed by atoms with E-state index in [1.54, 1.807) is 18.3 Å². The van der Waals surface area contributed by atoms with E-state index in [0.29, 0.717) is 5.57 Å². The van der Waals surface area contributed by atoms with Crippen molar-refractivity contribution >= 4 is 59.0 Å². The van der Waals surface area contributed by atoms with Crippen LogP contribution in [0.1, 0.15) is 25.5 Å². The van der Waals surface area contributed by atoms with E-state index in [1.807, 2.05) is 13.0 Å². The van der Waals surface area contributed by atoms with E-state index >= 15 is 0 Å². The number of ether oxygens (including phenoxy) is 1. The Hall–Kier alpha value is -3.17. The molecule has 1 aromatic heterocycles. The summed E-state index contributed by atoms with van der Waals surface area (Å²) in [7, 11) is 0. The second-order valence-corrected chi connectivity index (χ2v) is 8.53. The highest BCUT2D eigenvalue weighted by Gasteiger charge is 2.19. The molecule has 1 unspecified atom stereocenters. The van der Waals surface area contributed by atoms with Crippen LogP contribution in [0.25, 0.3) is 41.7 Å². The van der Waals surface area contributed by atoms with E-state index in [0.717, 1.165) is 10.9 Å². The van der Waals surface area contributed by atoms with Gasteiger partial charge in [0.25, 0.3) is 0 Å². The highest BCUT2D eigenvalue weighted by atomic mass is 32.1. The number of carbonyl (C=O) groups is 1. The molecule has 5 rings (SSSR count). The molecule has 4 aromatic carbocycles. The maximum atomic E-state index is 12.1. The molecule has 0 saturated heterocycles. The summed E-state index contributed by atoms with van der Waals surface area (Å²) in [6, 6.07) is 23.5. The lowest BCUT2D eigenvalue weighted by atomic mass is 9.96. The molecule has 1 heterocycles. The van der Waals surface area contributed by atoms with E-state index in [4.69, 9.17) is 4.74 Å². The number of fused-ring (bicyclic) bond motifs is 7. The van der Waals surface area contributed by atoms with Gasteiger partial charge in [-0.1, -0.05) is 67.2 Å². The third-order valence-electron chi connectivity index (χ3n) is 5.47. The van der Waals surface area contributed by atoms with Gasteiger partial charge in [-0.25, -0.2) is 4.79 Å². The monoisotopic (exact) mass is 396 g/mol. The maximum absolute atomic E-state index is 12.1. The average molecular weight is 397 g/mol. The van der Waals surface area contributed by atoms with Crippen molar-refractivity contribution in [2.75, 3.05) is 0 Å². The van der Waals surface area contributed by atoms with Gasteiger partial charge in [0.1, 0.15) is 6.10 Å². The zero-order chi connectivity index (χ0) is 20.1. The Bertz CT molecular complexity index is 1440. The van der Waals surface area contributed by atoms with Crippen molar-refractivity contribution in [1.82, 2.24) is 0 Å². The number of thiophene rings is 1. The molecule has 0 fully saturated rings. The van der Waals surface area contributed by atoms with Crippen molar-refractivity contribution < 1.29 is 9.53 Å². The van der Waals surface area contributed by atoms with Crippen molar-refractivity contribution in [3.05, 3.63) is 84.4 Å². The van der Waals surface area contributed by atoms with Gasteiger partial charge < -0.3 is 4.74 Å². The molecule has 0 amide bonds. The van der Waals surface area contributed by atoms with Crippen molar-refractivity contribution in [1.29, 1.82) is 0 Å². The van der Waals surface area contributed by atoms with Crippen LogP contribution in [0.2, 0.25) is 0 Å². The first kappa shape index (κ1) is 17.9. The van der Waals surface area contributed by atoms with Crippen LogP contribution in [0.15, 0.2) is 78.9 Å². The van der Waals surface area contributed by atoms with E-state index in [1.165, 1.54) is 36.3 Å². The Morgan fingerprint density at radius 1 is 0.931 bits per heavy atom. The minimum absolute atomic E-state index is 0.351. The minimum atomic E-state index is -0.357. The standard InChI is InChI=1S/C26H20O2S/c1-15(2)26(27)28-16(3)22-14-23-24(20-11-7-6-10-19(20)22)21-13-12-17-8-4-5-9-18(17)25(21)29-23/h4-14,16H,1H2,2-3H3. The van der Waals surface area contributed by atoms with Crippen LogP contribution in [-0.4, -0.2) is 5.97 Å². The molecule has 0 saturated carbocycles. The number of hydrogen-bond donors (Lipinski definition) is 0. The molecule has 0 aliphatic carbocycles. The lowest BCUT2D eigenvalue weighted by Crippen LogP contribution is -2.09. The molecule has 0 N–H and O–H groups in total. The normalized spacial score (nSPS) is 12.6. The lowest BCUT2D eigenvalue weighted by molar-refractivity contribution is -0.143. The Kier molecular flexibility index (Phi) is 4.14. The van der Waals surface area contributed by atoms with Crippen LogP contribution in [0.3, 0.4) is 0 Å². The molecular formula is C26H20O2S. The summed E-state index contributed by atoms with van der Waals surface area (Å²) in [5.41, 5.74) is 1.44. The van der Waals surface area contributed by atoms with Crippen molar-refractivity contribution in [2.24, 2.45) is 0 Å². The number of benzene rings is 4. The van der Waals surface area contributed by atoms with Gasteiger partial charge in [-0.15, -0.1) is 11.3 Å². The van der Waals surface area contributed by atoms with E-state index in [-0.39, 0.29) is 12.1 Å². The topological polar surface area (TPSA) is 26.3 Å². The summed E-state index contributed by atoms with van der Waals surface area (Å²) in [4.78, 5) is 12.1. The first-order valence-electron chi connectivity index (χ1n) is 9.66. The molecule has 1 atom stereocenters. The van der Waals surface area contributed by atoms with Gasteiger partial charge in [0, 0.05) is 31.3 Å². The SMILES string of the molecule is C=C(C)C(=O)OC(C)c1cc2sc3c4ccccc4ccc3c2c2ccccc12. The van der Waals surface area contributed by atoms with Crippen LogP contribution in [0, 0.1) is 0 Å². The first-order valence-corrected chi connectivity index (χ1v) is 10.5. The average Bonchev–Trinajstić information content (AvgIpc) is 3.12. The summed E-state index contributed by atoms with van der Waals surface area (Å²) in [5.74, 6) is -0.357. The van der Waals surface area contributed by atoms with Gasteiger partial charge in [-0.3, -0.25) is 0 Å². The Labute approximate surface area is 173 Å². The van der Waals surface area contributed by atoms with E-state index < -0.39 is 0 Å². The Balaban J connectivity index is 1.83. The highest BCUT2D eigenvalue weighted by Crippen LogP contribution is 2.44. The first-order chi connectivity index (χ1) is 14.0. The highest BCUT2D eigenvalue weighted by molar-refractivity contribution is 7.26. The molecule has 0 radical (unpaired) electrons. The van der Waals surface area contributed by atoms with Crippen LogP contribution >= 0.6 is 11.3 Å². The summed E-state index contributed by atoms with van der Waals surface area (Å²) >= 11 is 1.80.